The van der Waals surface area contributed by atoms with Gasteiger partial charge in [0.15, 0.2) is 0 Å². The third-order valence-electron chi connectivity index (χ3n) is 3.74. The van der Waals surface area contributed by atoms with Gasteiger partial charge < -0.3 is 15.7 Å². The third-order valence-corrected chi connectivity index (χ3v) is 3.74. The van der Waals surface area contributed by atoms with E-state index in [0.717, 1.165) is 26.1 Å². The maximum atomic E-state index is 10.9. The minimum Gasteiger partial charge on any atom is -0.481 e. The van der Waals surface area contributed by atoms with E-state index in [9.17, 15) is 4.79 Å². The number of piperidine rings is 2. The molecule has 0 aromatic carbocycles. The second-order valence-corrected chi connectivity index (χ2v) is 4.80. The van der Waals surface area contributed by atoms with Crippen LogP contribution < -0.4 is 10.6 Å². The Morgan fingerprint density at radius 1 is 1.13 bits per heavy atom. The van der Waals surface area contributed by atoms with E-state index in [1.54, 1.807) is 0 Å². The predicted octanol–water partition coefficient (Wildman–Crippen LogP) is 0.296. The summed E-state index contributed by atoms with van der Waals surface area (Å²) in [6.45, 7) is 3.83. The normalized spacial score (nSPS) is 37.5. The smallest absolute Gasteiger partial charge is 0.307 e. The molecule has 0 saturated carbocycles. The fourth-order valence-corrected chi connectivity index (χ4v) is 2.80. The summed E-state index contributed by atoms with van der Waals surface area (Å²) in [7, 11) is 0. The van der Waals surface area contributed by atoms with Crippen LogP contribution in [-0.4, -0.2) is 37.3 Å². The van der Waals surface area contributed by atoms with Gasteiger partial charge in [0.25, 0.3) is 0 Å². The molecule has 2 fully saturated rings. The Kier molecular flexibility index (Phi) is 3.59. The first-order chi connectivity index (χ1) is 7.27. The van der Waals surface area contributed by atoms with Gasteiger partial charge in [0.2, 0.25) is 0 Å². The monoisotopic (exact) mass is 212 g/mol. The van der Waals surface area contributed by atoms with Crippen LogP contribution in [0.1, 0.15) is 19.3 Å². The minimum atomic E-state index is -0.643. The third kappa shape index (κ3) is 2.69. The summed E-state index contributed by atoms with van der Waals surface area (Å²) >= 11 is 0. The molecule has 2 saturated heterocycles. The topological polar surface area (TPSA) is 61.4 Å². The van der Waals surface area contributed by atoms with Crippen LogP contribution in [0, 0.1) is 17.8 Å². The van der Waals surface area contributed by atoms with E-state index in [1.165, 1.54) is 12.8 Å². The SMILES string of the molecule is O=C(O)C1CNCC(C2CCCNC2)C1. The van der Waals surface area contributed by atoms with Gasteiger partial charge in [-0.3, -0.25) is 4.79 Å². The van der Waals surface area contributed by atoms with Crippen LogP contribution in [0.15, 0.2) is 0 Å². The first-order valence-corrected chi connectivity index (χ1v) is 5.91. The van der Waals surface area contributed by atoms with E-state index >= 15 is 0 Å². The van der Waals surface area contributed by atoms with Crippen LogP contribution in [-0.2, 0) is 4.79 Å². The first-order valence-electron chi connectivity index (χ1n) is 5.91. The first kappa shape index (κ1) is 10.9. The zero-order chi connectivity index (χ0) is 10.7. The maximum absolute atomic E-state index is 10.9. The van der Waals surface area contributed by atoms with Crippen molar-refractivity contribution in [3.05, 3.63) is 0 Å². The lowest BCUT2D eigenvalue weighted by Gasteiger charge is -2.35. The molecule has 2 rings (SSSR count). The molecule has 3 unspecified atom stereocenters. The molecule has 2 aliphatic heterocycles. The fraction of sp³-hybridized carbons (Fsp3) is 0.909. The molecule has 0 amide bonds. The zero-order valence-electron chi connectivity index (χ0n) is 9.04. The van der Waals surface area contributed by atoms with Crippen LogP contribution in [0.4, 0.5) is 0 Å². The highest BCUT2D eigenvalue weighted by Gasteiger charge is 2.31. The fourth-order valence-electron chi connectivity index (χ4n) is 2.80. The second kappa shape index (κ2) is 4.94. The Bertz CT molecular complexity index is 227. The molecular weight excluding hydrogens is 192 g/mol. The molecule has 2 aliphatic rings. The number of carbonyl (C=O) groups is 1. The number of rotatable bonds is 2. The molecule has 3 N–H and O–H groups in total. The van der Waals surface area contributed by atoms with Crippen LogP contribution in [0.2, 0.25) is 0 Å². The van der Waals surface area contributed by atoms with Crippen molar-refractivity contribution < 1.29 is 9.90 Å². The Labute approximate surface area is 90.4 Å². The Morgan fingerprint density at radius 2 is 1.93 bits per heavy atom. The highest BCUT2D eigenvalue weighted by molar-refractivity contribution is 5.70. The van der Waals surface area contributed by atoms with Crippen LogP contribution in [0.5, 0.6) is 0 Å². The lowest BCUT2D eigenvalue weighted by Crippen LogP contribution is -2.45. The second-order valence-electron chi connectivity index (χ2n) is 4.80. The summed E-state index contributed by atoms with van der Waals surface area (Å²) in [4.78, 5) is 10.9. The van der Waals surface area contributed by atoms with E-state index < -0.39 is 5.97 Å². The van der Waals surface area contributed by atoms with Gasteiger partial charge in [-0.1, -0.05) is 0 Å². The molecule has 0 spiro atoms. The molecule has 4 nitrogen and oxygen atoms in total. The van der Waals surface area contributed by atoms with E-state index in [2.05, 4.69) is 10.6 Å². The summed E-state index contributed by atoms with van der Waals surface area (Å²) in [5.74, 6) is 0.405. The molecule has 0 bridgehead atoms. The average Bonchev–Trinajstić information content (AvgIpc) is 2.30. The average molecular weight is 212 g/mol. The Hall–Kier alpha value is -0.610. The van der Waals surface area contributed by atoms with E-state index in [0.29, 0.717) is 18.4 Å². The molecule has 0 aromatic rings. The summed E-state index contributed by atoms with van der Waals surface area (Å²) in [5.41, 5.74) is 0. The van der Waals surface area contributed by atoms with Gasteiger partial charge in [-0.05, 0) is 50.7 Å². The van der Waals surface area contributed by atoms with Gasteiger partial charge in [0.05, 0.1) is 5.92 Å². The quantitative estimate of drug-likeness (QED) is 0.616. The highest BCUT2D eigenvalue weighted by atomic mass is 16.4. The van der Waals surface area contributed by atoms with Crippen molar-refractivity contribution in [1.29, 1.82) is 0 Å². The van der Waals surface area contributed by atoms with Crippen molar-refractivity contribution in [2.24, 2.45) is 17.8 Å². The van der Waals surface area contributed by atoms with Crippen molar-refractivity contribution >= 4 is 5.97 Å². The van der Waals surface area contributed by atoms with E-state index in [1.807, 2.05) is 0 Å². The van der Waals surface area contributed by atoms with Crippen LogP contribution >= 0.6 is 0 Å². The predicted molar refractivity (Wildman–Crippen MR) is 57.7 cm³/mol. The molecule has 3 atom stereocenters. The number of nitrogens with one attached hydrogen (secondary N) is 2. The van der Waals surface area contributed by atoms with Crippen LogP contribution in [0.3, 0.4) is 0 Å². The summed E-state index contributed by atoms with van der Waals surface area (Å²) in [5, 5.41) is 15.7. The molecule has 0 aliphatic carbocycles. The molecule has 15 heavy (non-hydrogen) atoms. The van der Waals surface area contributed by atoms with Gasteiger partial charge in [0, 0.05) is 6.54 Å². The number of hydrogen-bond donors (Lipinski definition) is 3. The lowest BCUT2D eigenvalue weighted by atomic mass is 9.78. The largest absolute Gasteiger partial charge is 0.481 e. The van der Waals surface area contributed by atoms with E-state index in [-0.39, 0.29) is 5.92 Å². The van der Waals surface area contributed by atoms with Gasteiger partial charge in [0.1, 0.15) is 0 Å². The van der Waals surface area contributed by atoms with Gasteiger partial charge >= 0.3 is 5.97 Å². The molecule has 2 heterocycles. The molecule has 4 heteroatoms. The number of hydrogen-bond acceptors (Lipinski definition) is 3. The van der Waals surface area contributed by atoms with Crippen molar-refractivity contribution in [1.82, 2.24) is 10.6 Å². The van der Waals surface area contributed by atoms with Crippen molar-refractivity contribution in [3.63, 3.8) is 0 Å². The van der Waals surface area contributed by atoms with Crippen molar-refractivity contribution in [2.45, 2.75) is 19.3 Å². The summed E-state index contributed by atoms with van der Waals surface area (Å²) in [6.07, 6.45) is 3.35. The van der Waals surface area contributed by atoms with Gasteiger partial charge in [-0.2, -0.15) is 0 Å². The van der Waals surface area contributed by atoms with Gasteiger partial charge in [-0.15, -0.1) is 0 Å². The number of carboxylic acids is 1. The molecule has 0 aromatic heterocycles. The maximum Gasteiger partial charge on any atom is 0.307 e. The minimum absolute atomic E-state index is 0.175. The standard InChI is InChI=1S/C11H20N2O2/c14-11(15)10-4-9(6-13-7-10)8-2-1-3-12-5-8/h8-10,12-13H,1-7H2,(H,14,15). The number of aliphatic carboxylic acids is 1. The Balaban J connectivity index is 1.88. The van der Waals surface area contributed by atoms with Gasteiger partial charge in [-0.25, -0.2) is 0 Å². The summed E-state index contributed by atoms with van der Waals surface area (Å²) in [6, 6.07) is 0. The van der Waals surface area contributed by atoms with Crippen molar-refractivity contribution in [2.75, 3.05) is 26.2 Å². The zero-order valence-corrected chi connectivity index (χ0v) is 9.04. The molecule has 86 valence electrons. The molecular formula is C11H20N2O2. The van der Waals surface area contributed by atoms with Crippen molar-refractivity contribution in [3.8, 4) is 0 Å². The Morgan fingerprint density at radius 3 is 2.60 bits per heavy atom. The number of carboxylic acid groups (broad SMARTS) is 1. The lowest BCUT2D eigenvalue weighted by molar-refractivity contribution is -0.143. The van der Waals surface area contributed by atoms with E-state index in [4.69, 9.17) is 5.11 Å². The van der Waals surface area contributed by atoms with Crippen LogP contribution in [0.25, 0.3) is 0 Å². The molecule has 0 radical (unpaired) electrons. The summed E-state index contributed by atoms with van der Waals surface area (Å²) < 4.78 is 0. The highest BCUT2D eigenvalue weighted by Crippen LogP contribution is 2.28.